The van der Waals surface area contributed by atoms with Gasteiger partial charge >= 0.3 is 12.5 Å². The van der Waals surface area contributed by atoms with Gasteiger partial charge in [-0.25, -0.2) is 0 Å². The average molecular weight is 1560 g/mol. The van der Waals surface area contributed by atoms with Gasteiger partial charge in [-0.05, 0) is 158 Å². The van der Waals surface area contributed by atoms with Crippen LogP contribution in [0.4, 0.5) is 26.3 Å². The van der Waals surface area contributed by atoms with Gasteiger partial charge in [0.2, 0.25) is 70.9 Å². The number of hydrogen-bond acceptors (Lipinski definition) is 14. The highest BCUT2D eigenvalue weighted by Crippen LogP contribution is 2.44. The molecular formula is C75H117ClF6N12O14. The first-order valence-electron chi connectivity index (χ1n) is 39.3. The Labute approximate surface area is 636 Å². The summed E-state index contributed by atoms with van der Waals surface area (Å²) >= 11 is 6.42. The van der Waals surface area contributed by atoms with Crippen molar-refractivity contribution in [3.05, 3.63) is 0 Å². The molecule has 3 unspecified atom stereocenters. The second-order valence-corrected chi connectivity index (χ2v) is 33.0. The summed E-state index contributed by atoms with van der Waals surface area (Å²) in [6, 6.07) is -10.4. The van der Waals surface area contributed by atoms with Gasteiger partial charge in [0.1, 0.15) is 53.9 Å². The summed E-state index contributed by atoms with van der Waals surface area (Å²) < 4.78 is 92.7. The fourth-order valence-electron chi connectivity index (χ4n) is 17.8. The van der Waals surface area contributed by atoms with E-state index in [-0.39, 0.29) is 142 Å². The van der Waals surface area contributed by atoms with Crippen LogP contribution < -0.4 is 16.0 Å². The number of ether oxygens (including phenoxy) is 2. The van der Waals surface area contributed by atoms with Gasteiger partial charge in [-0.3, -0.25) is 62.3 Å². The lowest BCUT2D eigenvalue weighted by atomic mass is 9.78. The van der Waals surface area contributed by atoms with Gasteiger partial charge in [0, 0.05) is 73.8 Å². The molecule has 12 atom stereocenters. The second-order valence-electron chi connectivity index (χ2n) is 32.4. The fourth-order valence-corrected chi connectivity index (χ4v) is 18.3. The topological polar surface area (TPSA) is 289 Å². The summed E-state index contributed by atoms with van der Waals surface area (Å²) in [5.41, 5.74) is -1.61. The standard InChI is InChI=1S/C75H117ClF6N12O14/c1-11-46(4)62-70(104)87(6)44-61(97)88(7)55-21-14-17-33-94(69(55)103)58(41-48-23-27-50(28-24-48)108-75(80,81)82)67(101)86(5)43-59(95)83-53(30-26-47-25-29-51(52(76)40-47)74(77,78)79)66(100)93-34-18-22-54(93)65(99)85-73(31-15-16-32-73)72(106)91(10)63(49-19-12-13-20-49)71(105)90(9)57(68(102)92-35-37-107-38-36-92)42-60(96)89(8)56(39-45(2)3)64(98)84-62/h45-58,62-63H,11-44H2,1-10H3,(H,83,95)(H,84,98)(H,85,99)/t46-,47?,48?,50?,51?,52?,53-,54-,55-,56-,57-,58-,62-,63-/m0/s1. The Kier molecular flexibility index (Phi) is 30.7. The van der Waals surface area contributed by atoms with Crippen molar-refractivity contribution in [2.45, 2.75) is 273 Å². The Bertz CT molecular complexity index is 3180. The molecule has 3 N–H and O–H groups in total. The van der Waals surface area contributed by atoms with E-state index in [4.69, 9.17) is 16.3 Å². The zero-order valence-corrected chi connectivity index (χ0v) is 65.4. The van der Waals surface area contributed by atoms with Crippen molar-refractivity contribution >= 4 is 82.5 Å². The quantitative estimate of drug-likeness (QED) is 0.141. The number of rotatable bonds is 12. The highest BCUT2D eigenvalue weighted by atomic mass is 35.5. The van der Waals surface area contributed by atoms with E-state index < -0.39 is 198 Å². The van der Waals surface area contributed by atoms with Crippen LogP contribution in [0.1, 0.15) is 195 Å². The normalized spacial score (nSPS) is 31.3. The minimum Gasteiger partial charge on any atom is -0.378 e. The van der Waals surface area contributed by atoms with Crippen LogP contribution in [0.3, 0.4) is 0 Å². The predicted octanol–water partition coefficient (Wildman–Crippen LogP) is 6.38. The maximum Gasteiger partial charge on any atom is 0.522 e. The molecule has 8 rings (SSSR count). The van der Waals surface area contributed by atoms with E-state index in [2.05, 4.69) is 20.7 Å². The van der Waals surface area contributed by atoms with Gasteiger partial charge < -0.3 is 64.8 Å². The van der Waals surface area contributed by atoms with E-state index in [0.29, 0.717) is 64.2 Å². The summed E-state index contributed by atoms with van der Waals surface area (Å²) in [7, 11) is 8.36. The molecular weight excluding hydrogens is 1440 g/mol. The lowest BCUT2D eigenvalue weighted by Gasteiger charge is -2.42. The van der Waals surface area contributed by atoms with Gasteiger partial charge in [-0.15, -0.1) is 24.8 Å². The summed E-state index contributed by atoms with van der Waals surface area (Å²) in [6.45, 7) is 6.50. The SMILES string of the molecule is CC[C@H](C)[C@@H]1NC(=O)[C@H](CC(C)C)N(C)C(=O)C[C@@H](C(=O)N2CCOCC2)N(C)C(=O)[C@H](C2CCCC2)N(C)C(=O)C2(CCCC2)NC(=O)[C@@H]2CCCN2C(=O)[C@H](CCC2CCC(C(F)(F)F)C(Cl)C2)NC(=O)CN(C)C(=O)[C@H](CC2CCC(OC(F)(F)F)CC2)N2CCCC[C@@H](C2=O)N(C)C(=O)CN(C)C1=O. The maximum atomic E-state index is 15.8. The minimum atomic E-state index is -4.90. The smallest absolute Gasteiger partial charge is 0.378 e. The molecule has 0 aromatic carbocycles. The van der Waals surface area contributed by atoms with Crippen molar-refractivity contribution in [3.63, 3.8) is 0 Å². The number of alkyl halides is 7. The second kappa shape index (κ2) is 38.1. The molecule has 0 aromatic heterocycles. The summed E-state index contributed by atoms with van der Waals surface area (Å²) in [4.78, 5) is 193. The molecule has 0 radical (unpaired) electrons. The number of halogens is 7. The molecule has 4 aliphatic carbocycles. The van der Waals surface area contributed by atoms with E-state index in [0.717, 1.165) is 9.80 Å². The number of carbonyl (C=O) groups is 12. The van der Waals surface area contributed by atoms with Crippen molar-refractivity contribution < 1.29 is 93.4 Å². The maximum absolute atomic E-state index is 15.8. The third-order valence-corrected chi connectivity index (χ3v) is 25.0. The monoisotopic (exact) mass is 1560 g/mol. The lowest BCUT2D eigenvalue weighted by molar-refractivity contribution is -0.345. The Balaban J connectivity index is 1.18. The first-order valence-corrected chi connectivity index (χ1v) is 39.7. The van der Waals surface area contributed by atoms with Gasteiger partial charge in [0.25, 0.3) is 0 Å². The Morgan fingerprint density at radius 1 is 0.602 bits per heavy atom. The molecule has 33 heteroatoms. The molecule has 4 heterocycles. The molecule has 1 spiro atoms. The molecule has 8 aliphatic rings. The molecule has 4 saturated heterocycles. The highest BCUT2D eigenvalue weighted by Gasteiger charge is 2.53. The van der Waals surface area contributed by atoms with Crippen molar-refractivity contribution in [1.29, 1.82) is 0 Å². The van der Waals surface area contributed by atoms with E-state index >= 15 is 38.4 Å². The van der Waals surface area contributed by atoms with Gasteiger partial charge in [-0.2, -0.15) is 13.2 Å². The van der Waals surface area contributed by atoms with Gasteiger partial charge in [-0.1, -0.05) is 59.8 Å². The van der Waals surface area contributed by atoms with Crippen molar-refractivity contribution in [2.24, 2.45) is 35.5 Å². The van der Waals surface area contributed by atoms with Gasteiger partial charge in [0.15, 0.2) is 0 Å². The van der Waals surface area contributed by atoms with E-state index in [1.54, 1.807) is 13.8 Å². The highest BCUT2D eigenvalue weighted by molar-refractivity contribution is 6.21. The average Bonchev–Trinajstić information content (AvgIpc) is 1.54. The third-order valence-electron chi connectivity index (χ3n) is 24.5. The van der Waals surface area contributed by atoms with Crippen LogP contribution in [-0.4, -0.2) is 288 Å². The van der Waals surface area contributed by atoms with Crippen LogP contribution in [-0.2, 0) is 67.0 Å². The molecule has 4 saturated carbocycles. The predicted molar refractivity (Wildman–Crippen MR) is 385 cm³/mol. The van der Waals surface area contributed by atoms with Crippen LogP contribution >= 0.6 is 11.6 Å². The molecule has 8 fully saturated rings. The molecule has 26 nitrogen and oxygen atoms in total. The first-order chi connectivity index (χ1) is 50.9. The molecule has 0 aromatic rings. The molecule has 108 heavy (non-hydrogen) atoms. The van der Waals surface area contributed by atoms with Crippen LogP contribution in [0.15, 0.2) is 0 Å². The minimum absolute atomic E-state index is 0.00682. The number of hydrogen-bond donors (Lipinski definition) is 3. The Morgan fingerprint density at radius 2 is 1.21 bits per heavy atom. The Hall–Kier alpha value is -6.57. The number of fused-ring (bicyclic) bond motifs is 3. The summed E-state index contributed by atoms with van der Waals surface area (Å²) in [5.74, 6) is -12.2. The van der Waals surface area contributed by atoms with E-state index in [1.807, 2.05) is 13.8 Å². The number of nitrogens with one attached hydrogen (secondary N) is 3. The number of morpholine rings is 1. The number of likely N-dealkylation sites (N-methyl/N-ethyl adjacent to an activating group) is 6. The lowest BCUT2D eigenvalue weighted by Crippen LogP contribution is -2.65. The van der Waals surface area contributed by atoms with E-state index in [9.17, 15) is 45.5 Å². The summed E-state index contributed by atoms with van der Waals surface area (Å²) in [6.07, 6.45) is -5.94. The van der Waals surface area contributed by atoms with Gasteiger partial charge in [0.05, 0.1) is 44.7 Å². The zero-order valence-electron chi connectivity index (χ0n) is 64.7. The van der Waals surface area contributed by atoms with Crippen LogP contribution in [0, 0.1) is 35.5 Å². The van der Waals surface area contributed by atoms with E-state index in [1.165, 1.54) is 76.6 Å². The molecule has 2 bridgehead atoms. The fraction of sp³-hybridized carbons (Fsp3) is 0.840. The zero-order chi connectivity index (χ0) is 79.4. The number of amides is 12. The Morgan fingerprint density at radius 3 is 1.82 bits per heavy atom. The largest absolute Gasteiger partial charge is 0.522 e. The molecule has 610 valence electrons. The van der Waals surface area contributed by atoms with Crippen molar-refractivity contribution in [2.75, 3.05) is 94.8 Å². The number of carbonyl (C=O) groups excluding carboxylic acids is 12. The first kappa shape index (κ1) is 87.0. The van der Waals surface area contributed by atoms with Crippen molar-refractivity contribution in [1.82, 2.24) is 60.0 Å². The molecule has 12 amide bonds. The third kappa shape index (κ3) is 21.8. The number of nitrogens with zero attached hydrogens (tertiary/aromatic N) is 9. The van der Waals surface area contributed by atoms with Crippen LogP contribution in [0.2, 0.25) is 0 Å². The van der Waals surface area contributed by atoms with Crippen LogP contribution in [0.25, 0.3) is 0 Å². The van der Waals surface area contributed by atoms with Crippen molar-refractivity contribution in [3.8, 4) is 0 Å². The van der Waals surface area contributed by atoms with Crippen LogP contribution in [0.5, 0.6) is 0 Å². The summed E-state index contributed by atoms with van der Waals surface area (Å²) in [5, 5.41) is 7.47. The molecule has 4 aliphatic heterocycles.